The highest BCUT2D eigenvalue weighted by Gasteiger charge is 2.28. The average molecular weight is 283 g/mol. The molecule has 19 heavy (non-hydrogen) atoms. The smallest absolute Gasteiger partial charge is 0.0946 e. The van der Waals surface area contributed by atoms with Crippen LogP contribution in [0.3, 0.4) is 0 Å². The van der Waals surface area contributed by atoms with Gasteiger partial charge in [-0.2, -0.15) is 0 Å². The van der Waals surface area contributed by atoms with Crippen molar-refractivity contribution in [2.45, 2.75) is 52.2 Å². The first kappa shape index (κ1) is 14.7. The van der Waals surface area contributed by atoms with Crippen molar-refractivity contribution in [3.63, 3.8) is 0 Å². The number of hydrogen-bond donors (Lipinski definition) is 1. The number of hydrogen-bond acceptors (Lipinski definition) is 3. The third kappa shape index (κ3) is 4.42. The molecule has 1 aromatic rings. The molecule has 1 saturated heterocycles. The summed E-state index contributed by atoms with van der Waals surface area (Å²) >= 11 is 0. The van der Waals surface area contributed by atoms with Gasteiger partial charge in [0, 0.05) is 53.3 Å². The molecule has 0 radical (unpaired) electrons. The molecule has 5 heteroatoms. The predicted octanol–water partition coefficient (Wildman–Crippen LogP) is 1.80. The molecule has 0 saturated carbocycles. The molecule has 1 aliphatic heterocycles. The largest absolute Gasteiger partial charge is 0.336 e. The molecule has 2 rings (SSSR count). The van der Waals surface area contributed by atoms with Crippen LogP contribution in [0, 0.1) is 5.41 Å². The predicted molar refractivity (Wildman–Crippen MR) is 79.5 cm³/mol. The lowest BCUT2D eigenvalue weighted by Crippen LogP contribution is -2.50. The maximum absolute atomic E-state index is 11.4. The third-order valence-corrected chi connectivity index (χ3v) is 5.20. The van der Waals surface area contributed by atoms with Crippen molar-refractivity contribution in [1.29, 1.82) is 0 Å². The Hall–Kier alpha value is -0.680. The van der Waals surface area contributed by atoms with Crippen LogP contribution in [0.2, 0.25) is 0 Å². The molecular formula is C14H25N3OS. The molecule has 108 valence electrons. The minimum Gasteiger partial charge on any atom is -0.336 e. The zero-order valence-electron chi connectivity index (χ0n) is 12.1. The van der Waals surface area contributed by atoms with Crippen LogP contribution in [-0.2, 0) is 17.3 Å². The van der Waals surface area contributed by atoms with Crippen LogP contribution in [0.1, 0.15) is 33.6 Å². The molecule has 0 bridgehead atoms. The van der Waals surface area contributed by atoms with E-state index in [9.17, 15) is 4.21 Å². The van der Waals surface area contributed by atoms with E-state index in [1.807, 2.05) is 18.7 Å². The Balaban J connectivity index is 1.96. The van der Waals surface area contributed by atoms with Gasteiger partial charge in [-0.3, -0.25) is 4.21 Å². The van der Waals surface area contributed by atoms with Gasteiger partial charge < -0.3 is 9.88 Å². The normalized spacial score (nSPS) is 26.3. The van der Waals surface area contributed by atoms with E-state index in [0.717, 1.165) is 30.9 Å². The third-order valence-electron chi connectivity index (χ3n) is 3.82. The maximum Gasteiger partial charge on any atom is 0.0946 e. The Morgan fingerprint density at radius 3 is 2.63 bits per heavy atom. The summed E-state index contributed by atoms with van der Waals surface area (Å²) in [5, 5.41) is 3.77. The number of aromatic nitrogens is 2. The SMILES string of the molecule is CC(C)(C)C(Cn1ccnc1)NC1CCS(=O)CC1. The van der Waals surface area contributed by atoms with Gasteiger partial charge in [-0.15, -0.1) is 0 Å². The zero-order valence-corrected chi connectivity index (χ0v) is 12.9. The van der Waals surface area contributed by atoms with Gasteiger partial charge in [-0.05, 0) is 18.3 Å². The summed E-state index contributed by atoms with van der Waals surface area (Å²) in [4.78, 5) is 4.11. The second kappa shape index (κ2) is 6.18. The Bertz CT molecular complexity index is 401. The molecule has 1 N–H and O–H groups in total. The first-order valence-electron chi connectivity index (χ1n) is 7.02. The summed E-state index contributed by atoms with van der Waals surface area (Å²) in [6.45, 7) is 7.73. The van der Waals surface area contributed by atoms with Gasteiger partial charge >= 0.3 is 0 Å². The second-order valence-corrected chi connectivity index (χ2v) is 8.16. The molecule has 0 amide bonds. The molecule has 1 atom stereocenters. The molecule has 1 aromatic heterocycles. The maximum atomic E-state index is 11.4. The van der Waals surface area contributed by atoms with Crippen molar-refractivity contribution < 1.29 is 4.21 Å². The van der Waals surface area contributed by atoms with Crippen molar-refractivity contribution in [3.05, 3.63) is 18.7 Å². The van der Waals surface area contributed by atoms with Crippen LogP contribution in [0.5, 0.6) is 0 Å². The summed E-state index contributed by atoms with van der Waals surface area (Å²) in [6.07, 6.45) is 7.77. The highest BCUT2D eigenvalue weighted by Crippen LogP contribution is 2.23. The van der Waals surface area contributed by atoms with Gasteiger partial charge in [0.25, 0.3) is 0 Å². The summed E-state index contributed by atoms with van der Waals surface area (Å²) in [5.74, 6) is 1.69. The Morgan fingerprint density at radius 1 is 1.42 bits per heavy atom. The molecule has 1 aliphatic rings. The number of nitrogens with one attached hydrogen (secondary N) is 1. The zero-order chi connectivity index (χ0) is 13.9. The minimum atomic E-state index is -0.584. The monoisotopic (exact) mass is 283 g/mol. The Labute approximate surface area is 118 Å². The average Bonchev–Trinajstić information content (AvgIpc) is 2.83. The molecule has 4 nitrogen and oxygen atoms in total. The molecular weight excluding hydrogens is 258 g/mol. The Morgan fingerprint density at radius 2 is 2.11 bits per heavy atom. The van der Waals surface area contributed by atoms with Gasteiger partial charge in [0.2, 0.25) is 0 Å². The van der Waals surface area contributed by atoms with Crippen LogP contribution < -0.4 is 5.32 Å². The number of rotatable bonds is 4. The van der Waals surface area contributed by atoms with E-state index in [1.54, 1.807) is 0 Å². The molecule has 1 unspecified atom stereocenters. The van der Waals surface area contributed by atoms with Gasteiger partial charge in [0.1, 0.15) is 0 Å². The number of nitrogens with zero attached hydrogens (tertiary/aromatic N) is 2. The summed E-state index contributed by atoms with van der Waals surface area (Å²) in [7, 11) is -0.584. The van der Waals surface area contributed by atoms with Gasteiger partial charge in [0.15, 0.2) is 0 Å². The van der Waals surface area contributed by atoms with Gasteiger partial charge in [0.05, 0.1) is 6.33 Å². The quantitative estimate of drug-likeness (QED) is 0.916. The van der Waals surface area contributed by atoms with Gasteiger partial charge in [-0.1, -0.05) is 20.8 Å². The lowest BCUT2D eigenvalue weighted by atomic mass is 9.85. The van der Waals surface area contributed by atoms with Crippen molar-refractivity contribution in [2.75, 3.05) is 11.5 Å². The Kier molecular flexibility index (Phi) is 4.79. The summed E-state index contributed by atoms with van der Waals surface area (Å²) in [5.41, 5.74) is 0.195. The van der Waals surface area contributed by atoms with Crippen molar-refractivity contribution in [2.24, 2.45) is 5.41 Å². The fourth-order valence-corrected chi connectivity index (χ4v) is 3.73. The van der Waals surface area contributed by atoms with Crippen LogP contribution in [0.25, 0.3) is 0 Å². The highest BCUT2D eigenvalue weighted by molar-refractivity contribution is 7.85. The van der Waals surface area contributed by atoms with E-state index < -0.39 is 10.8 Å². The first-order valence-corrected chi connectivity index (χ1v) is 8.51. The minimum absolute atomic E-state index is 0.195. The lowest BCUT2D eigenvalue weighted by Gasteiger charge is -2.36. The van der Waals surface area contributed by atoms with Crippen molar-refractivity contribution in [3.8, 4) is 0 Å². The van der Waals surface area contributed by atoms with E-state index in [0.29, 0.717) is 12.1 Å². The fraction of sp³-hybridized carbons (Fsp3) is 0.786. The molecule has 0 spiro atoms. The summed E-state index contributed by atoms with van der Waals surface area (Å²) < 4.78 is 13.5. The second-order valence-electron chi connectivity index (χ2n) is 6.47. The standard InChI is InChI=1S/C14H25N3OS/c1-14(2,3)13(10-17-7-6-15-11-17)16-12-4-8-19(18)9-5-12/h6-7,11-13,16H,4-5,8-10H2,1-3H3. The first-order chi connectivity index (χ1) is 8.95. The van der Waals surface area contributed by atoms with Crippen LogP contribution >= 0.6 is 0 Å². The highest BCUT2D eigenvalue weighted by atomic mass is 32.2. The van der Waals surface area contributed by atoms with E-state index in [2.05, 4.69) is 35.6 Å². The van der Waals surface area contributed by atoms with Crippen molar-refractivity contribution >= 4 is 10.8 Å². The van der Waals surface area contributed by atoms with E-state index in [4.69, 9.17) is 0 Å². The lowest BCUT2D eigenvalue weighted by molar-refractivity contribution is 0.216. The fourth-order valence-electron chi connectivity index (χ4n) is 2.43. The van der Waals surface area contributed by atoms with E-state index in [-0.39, 0.29) is 5.41 Å². The van der Waals surface area contributed by atoms with Crippen molar-refractivity contribution in [1.82, 2.24) is 14.9 Å². The van der Waals surface area contributed by atoms with E-state index >= 15 is 0 Å². The molecule has 0 aliphatic carbocycles. The van der Waals surface area contributed by atoms with Crippen LogP contribution in [-0.4, -0.2) is 37.3 Å². The number of imidazole rings is 1. The molecule has 1 fully saturated rings. The van der Waals surface area contributed by atoms with Crippen LogP contribution in [0.4, 0.5) is 0 Å². The summed E-state index contributed by atoms with van der Waals surface area (Å²) in [6, 6.07) is 0.906. The van der Waals surface area contributed by atoms with Gasteiger partial charge in [-0.25, -0.2) is 4.98 Å². The van der Waals surface area contributed by atoms with E-state index in [1.165, 1.54) is 0 Å². The molecule has 0 aromatic carbocycles. The van der Waals surface area contributed by atoms with Crippen LogP contribution in [0.15, 0.2) is 18.7 Å². The molecule has 2 heterocycles. The topological polar surface area (TPSA) is 46.9 Å².